The normalized spacial score (nSPS) is 32.0. The molecule has 0 spiro atoms. The van der Waals surface area contributed by atoms with E-state index >= 15 is 0 Å². The van der Waals surface area contributed by atoms with E-state index in [-0.39, 0.29) is 0 Å². The van der Waals surface area contributed by atoms with Crippen LogP contribution in [0.4, 0.5) is 0 Å². The van der Waals surface area contributed by atoms with Crippen molar-refractivity contribution in [1.82, 2.24) is 10.2 Å². The number of rotatable bonds is 4. The van der Waals surface area contributed by atoms with Gasteiger partial charge in [-0.15, -0.1) is 0 Å². The molecule has 2 rings (SSSR count). The Morgan fingerprint density at radius 1 is 1.11 bits per heavy atom. The first-order chi connectivity index (χ1) is 8.65. The molecule has 1 saturated carbocycles. The molecule has 1 aliphatic heterocycles. The van der Waals surface area contributed by atoms with Crippen molar-refractivity contribution in [2.75, 3.05) is 19.6 Å². The van der Waals surface area contributed by atoms with Gasteiger partial charge in [0.25, 0.3) is 0 Å². The van der Waals surface area contributed by atoms with E-state index in [0.29, 0.717) is 0 Å². The van der Waals surface area contributed by atoms with Crippen molar-refractivity contribution in [3.8, 4) is 0 Å². The standard InChI is InChI=1S/C16H32N2/c1-13(2)18-9-7-16(8-10-18)17-12-15-6-4-5-14(3)11-15/h13-17H,4-12H2,1-3H3. The van der Waals surface area contributed by atoms with Gasteiger partial charge in [-0.3, -0.25) is 0 Å². The van der Waals surface area contributed by atoms with E-state index in [1.54, 1.807) is 0 Å². The van der Waals surface area contributed by atoms with Crippen LogP contribution in [0, 0.1) is 11.8 Å². The first kappa shape index (κ1) is 14.3. The molecule has 1 aliphatic carbocycles. The fraction of sp³-hybridized carbons (Fsp3) is 1.00. The third-order valence-corrected chi connectivity index (χ3v) is 5.00. The first-order valence-corrected chi connectivity index (χ1v) is 8.12. The maximum absolute atomic E-state index is 3.84. The molecule has 2 atom stereocenters. The Morgan fingerprint density at radius 3 is 2.44 bits per heavy atom. The zero-order chi connectivity index (χ0) is 13.0. The van der Waals surface area contributed by atoms with E-state index in [9.17, 15) is 0 Å². The molecule has 2 heteroatoms. The highest BCUT2D eigenvalue weighted by molar-refractivity contribution is 4.80. The van der Waals surface area contributed by atoms with Crippen molar-refractivity contribution in [2.24, 2.45) is 11.8 Å². The average molecular weight is 252 g/mol. The fourth-order valence-corrected chi connectivity index (χ4v) is 3.70. The van der Waals surface area contributed by atoms with Gasteiger partial charge in [0.15, 0.2) is 0 Å². The van der Waals surface area contributed by atoms with Gasteiger partial charge in [-0.25, -0.2) is 0 Å². The smallest absolute Gasteiger partial charge is 0.00915 e. The van der Waals surface area contributed by atoms with Crippen LogP contribution in [-0.2, 0) is 0 Å². The van der Waals surface area contributed by atoms with Gasteiger partial charge in [-0.05, 0) is 71.0 Å². The lowest BCUT2D eigenvalue weighted by atomic mass is 9.82. The summed E-state index contributed by atoms with van der Waals surface area (Å²) in [5.41, 5.74) is 0. The topological polar surface area (TPSA) is 15.3 Å². The lowest BCUT2D eigenvalue weighted by Crippen LogP contribution is -2.46. The number of hydrogen-bond donors (Lipinski definition) is 1. The Bertz CT molecular complexity index is 231. The Kier molecular flexibility index (Phi) is 5.50. The van der Waals surface area contributed by atoms with Crippen LogP contribution in [0.1, 0.15) is 59.3 Å². The molecule has 0 aromatic heterocycles. The predicted molar refractivity (Wildman–Crippen MR) is 78.9 cm³/mol. The van der Waals surface area contributed by atoms with Gasteiger partial charge in [-0.2, -0.15) is 0 Å². The van der Waals surface area contributed by atoms with E-state index in [0.717, 1.165) is 23.9 Å². The molecule has 1 heterocycles. The van der Waals surface area contributed by atoms with E-state index in [4.69, 9.17) is 0 Å². The van der Waals surface area contributed by atoms with Crippen LogP contribution in [0.5, 0.6) is 0 Å². The van der Waals surface area contributed by atoms with E-state index in [2.05, 4.69) is 31.0 Å². The Hall–Kier alpha value is -0.0800. The second-order valence-electron chi connectivity index (χ2n) is 6.95. The molecule has 106 valence electrons. The Morgan fingerprint density at radius 2 is 1.83 bits per heavy atom. The molecule has 18 heavy (non-hydrogen) atoms. The highest BCUT2D eigenvalue weighted by Crippen LogP contribution is 2.28. The van der Waals surface area contributed by atoms with Gasteiger partial charge in [0.1, 0.15) is 0 Å². The molecular formula is C16H32N2. The Balaban J connectivity index is 1.63. The third-order valence-electron chi connectivity index (χ3n) is 5.00. The molecule has 0 aromatic carbocycles. The molecule has 1 N–H and O–H groups in total. The lowest BCUT2D eigenvalue weighted by molar-refractivity contribution is 0.156. The number of likely N-dealkylation sites (tertiary alicyclic amines) is 1. The maximum Gasteiger partial charge on any atom is 0.00915 e. The molecule has 0 bridgehead atoms. The minimum atomic E-state index is 0.727. The SMILES string of the molecule is CC1CCCC(CNC2CCN(C(C)C)CC2)C1. The summed E-state index contributed by atoms with van der Waals surface area (Å²) < 4.78 is 0. The molecule has 2 unspecified atom stereocenters. The predicted octanol–water partition coefficient (Wildman–Crippen LogP) is 3.28. The summed E-state index contributed by atoms with van der Waals surface area (Å²) in [4.78, 5) is 2.61. The zero-order valence-corrected chi connectivity index (χ0v) is 12.6. The molecule has 2 aliphatic rings. The summed E-state index contributed by atoms with van der Waals surface area (Å²) in [5.74, 6) is 1.92. The second-order valence-corrected chi connectivity index (χ2v) is 6.95. The lowest BCUT2D eigenvalue weighted by Gasteiger charge is -2.36. The van der Waals surface area contributed by atoms with Crippen molar-refractivity contribution in [3.63, 3.8) is 0 Å². The van der Waals surface area contributed by atoms with Crippen molar-refractivity contribution >= 4 is 0 Å². The molecule has 0 amide bonds. The molecule has 0 radical (unpaired) electrons. The van der Waals surface area contributed by atoms with Crippen molar-refractivity contribution in [1.29, 1.82) is 0 Å². The minimum Gasteiger partial charge on any atom is -0.314 e. The van der Waals surface area contributed by atoms with Crippen LogP contribution < -0.4 is 5.32 Å². The number of nitrogens with zero attached hydrogens (tertiary/aromatic N) is 1. The van der Waals surface area contributed by atoms with E-state index in [1.807, 2.05) is 0 Å². The van der Waals surface area contributed by atoms with E-state index < -0.39 is 0 Å². The number of hydrogen-bond acceptors (Lipinski definition) is 2. The summed E-state index contributed by atoms with van der Waals surface area (Å²) in [6, 6.07) is 1.52. The fourth-order valence-electron chi connectivity index (χ4n) is 3.70. The van der Waals surface area contributed by atoms with Gasteiger partial charge in [0.05, 0.1) is 0 Å². The molecule has 2 nitrogen and oxygen atoms in total. The zero-order valence-electron chi connectivity index (χ0n) is 12.6. The van der Waals surface area contributed by atoms with Crippen molar-refractivity contribution < 1.29 is 0 Å². The largest absolute Gasteiger partial charge is 0.314 e. The third kappa shape index (κ3) is 4.24. The van der Waals surface area contributed by atoms with Gasteiger partial charge >= 0.3 is 0 Å². The molecule has 0 aromatic rings. The molecular weight excluding hydrogens is 220 g/mol. The number of piperidine rings is 1. The first-order valence-electron chi connectivity index (χ1n) is 8.12. The van der Waals surface area contributed by atoms with Crippen LogP contribution in [0.25, 0.3) is 0 Å². The summed E-state index contributed by atoms with van der Waals surface area (Å²) in [6.45, 7) is 10.9. The minimum absolute atomic E-state index is 0.727. The summed E-state index contributed by atoms with van der Waals surface area (Å²) >= 11 is 0. The van der Waals surface area contributed by atoms with Gasteiger partial charge < -0.3 is 10.2 Å². The van der Waals surface area contributed by atoms with Crippen LogP contribution in [0.3, 0.4) is 0 Å². The molecule has 2 fully saturated rings. The van der Waals surface area contributed by atoms with Gasteiger partial charge in [0, 0.05) is 12.1 Å². The molecule has 1 saturated heterocycles. The second kappa shape index (κ2) is 6.91. The maximum atomic E-state index is 3.84. The van der Waals surface area contributed by atoms with Crippen molar-refractivity contribution in [2.45, 2.75) is 71.4 Å². The van der Waals surface area contributed by atoms with Crippen LogP contribution in [0.2, 0.25) is 0 Å². The summed E-state index contributed by atoms with van der Waals surface area (Å²) in [7, 11) is 0. The highest BCUT2D eigenvalue weighted by atomic mass is 15.2. The van der Waals surface area contributed by atoms with E-state index in [1.165, 1.54) is 58.2 Å². The summed E-state index contributed by atoms with van der Waals surface area (Å²) in [5, 5.41) is 3.84. The quantitative estimate of drug-likeness (QED) is 0.826. The van der Waals surface area contributed by atoms with Gasteiger partial charge in [-0.1, -0.05) is 19.8 Å². The highest BCUT2D eigenvalue weighted by Gasteiger charge is 2.23. The average Bonchev–Trinajstić information content (AvgIpc) is 2.37. The summed E-state index contributed by atoms with van der Waals surface area (Å²) in [6.07, 6.45) is 8.53. The number of nitrogens with one attached hydrogen (secondary N) is 1. The van der Waals surface area contributed by atoms with Gasteiger partial charge in [0.2, 0.25) is 0 Å². The monoisotopic (exact) mass is 252 g/mol. The van der Waals surface area contributed by atoms with Crippen molar-refractivity contribution in [3.05, 3.63) is 0 Å². The van der Waals surface area contributed by atoms with Crippen LogP contribution in [0.15, 0.2) is 0 Å². The Labute approximate surface area is 114 Å². The van der Waals surface area contributed by atoms with Crippen LogP contribution in [-0.4, -0.2) is 36.6 Å². The van der Waals surface area contributed by atoms with Crippen LogP contribution >= 0.6 is 0 Å².